The van der Waals surface area contributed by atoms with Crippen LogP contribution in [0.3, 0.4) is 0 Å². The van der Waals surface area contributed by atoms with Gasteiger partial charge in [-0.05, 0) is 48.4 Å². The molecule has 0 fully saturated rings. The van der Waals surface area contributed by atoms with Gasteiger partial charge in [0.15, 0.2) is 11.5 Å². The number of nitrogens with zero attached hydrogens (tertiary/aromatic N) is 5. The Bertz CT molecular complexity index is 1530. The van der Waals surface area contributed by atoms with Crippen LogP contribution in [-0.2, 0) is 11.2 Å². The largest absolute Gasteiger partial charge is 0.490 e. The molecule has 4 heterocycles. The lowest BCUT2D eigenvalue weighted by molar-refractivity contribution is -0.192. The third kappa shape index (κ3) is 6.22. The Hall–Kier alpha value is -5.00. The Morgan fingerprint density at radius 2 is 1.66 bits per heavy atom. The SMILES string of the molecule is O=C(NCCc1ccncc1)c1nc(-c2cn(-c3ccccc3)cn2)n2ccccc12.O=C(O)C(F)(F)F. The summed E-state index contributed by atoms with van der Waals surface area (Å²) >= 11 is 0. The molecular formula is C26H21F3N6O3. The Labute approximate surface area is 214 Å². The number of para-hydroxylation sites is 1. The number of nitrogens with one attached hydrogen (secondary N) is 1. The lowest BCUT2D eigenvalue weighted by atomic mass is 10.2. The van der Waals surface area contributed by atoms with E-state index in [-0.39, 0.29) is 5.91 Å². The van der Waals surface area contributed by atoms with Crippen LogP contribution in [0, 0.1) is 0 Å². The molecular weight excluding hydrogens is 501 g/mol. The van der Waals surface area contributed by atoms with Crippen molar-refractivity contribution in [3.63, 3.8) is 0 Å². The summed E-state index contributed by atoms with van der Waals surface area (Å²) in [4.78, 5) is 35.0. The van der Waals surface area contributed by atoms with Gasteiger partial charge in [-0.25, -0.2) is 14.8 Å². The van der Waals surface area contributed by atoms with E-state index >= 15 is 0 Å². The van der Waals surface area contributed by atoms with E-state index in [4.69, 9.17) is 9.90 Å². The second-order valence-corrected chi connectivity index (χ2v) is 7.91. The highest BCUT2D eigenvalue weighted by Crippen LogP contribution is 2.22. The molecule has 0 unspecified atom stereocenters. The number of fused-ring (bicyclic) bond motifs is 1. The second-order valence-electron chi connectivity index (χ2n) is 7.91. The van der Waals surface area contributed by atoms with Gasteiger partial charge < -0.3 is 15.0 Å². The van der Waals surface area contributed by atoms with Gasteiger partial charge in [-0.3, -0.25) is 14.2 Å². The number of aliphatic carboxylic acids is 1. The summed E-state index contributed by atoms with van der Waals surface area (Å²) in [5.74, 6) is -2.33. The van der Waals surface area contributed by atoms with Crippen LogP contribution < -0.4 is 5.32 Å². The minimum absolute atomic E-state index is 0.202. The fraction of sp³-hybridized carbons (Fsp3) is 0.115. The maximum atomic E-state index is 12.9. The van der Waals surface area contributed by atoms with Crippen LogP contribution in [0.25, 0.3) is 22.7 Å². The molecule has 194 valence electrons. The van der Waals surface area contributed by atoms with Crippen molar-refractivity contribution in [2.24, 2.45) is 0 Å². The molecule has 4 aromatic heterocycles. The molecule has 9 nitrogen and oxygen atoms in total. The number of pyridine rings is 2. The van der Waals surface area contributed by atoms with Crippen molar-refractivity contribution in [3.8, 4) is 17.2 Å². The molecule has 0 bridgehead atoms. The van der Waals surface area contributed by atoms with Crippen LogP contribution in [0.1, 0.15) is 16.1 Å². The van der Waals surface area contributed by atoms with E-state index in [1.807, 2.05) is 82.0 Å². The maximum Gasteiger partial charge on any atom is 0.490 e. The standard InChI is InChI=1S/C24H20N6O.C2HF3O2/c31-24(26-14-11-18-9-12-25-13-10-18)22-21-8-4-5-15-30(21)23(28-22)20-16-29(17-27-20)19-6-2-1-3-7-19;3-2(4,5)1(6)7/h1-10,12-13,15-17H,11,14H2,(H,26,31);(H,6,7). The molecule has 5 rings (SSSR count). The van der Waals surface area contributed by atoms with Gasteiger partial charge in [0.25, 0.3) is 5.91 Å². The highest BCUT2D eigenvalue weighted by atomic mass is 19.4. The van der Waals surface area contributed by atoms with E-state index in [1.165, 1.54) is 0 Å². The van der Waals surface area contributed by atoms with Crippen LogP contribution in [-0.4, -0.2) is 53.6 Å². The van der Waals surface area contributed by atoms with Gasteiger partial charge >= 0.3 is 12.1 Å². The summed E-state index contributed by atoms with van der Waals surface area (Å²) in [5, 5.41) is 10.1. The number of rotatable bonds is 6. The maximum absolute atomic E-state index is 12.9. The van der Waals surface area contributed by atoms with Crippen LogP contribution in [0.2, 0.25) is 0 Å². The number of alkyl halides is 3. The Morgan fingerprint density at radius 3 is 2.34 bits per heavy atom. The zero-order valence-electron chi connectivity index (χ0n) is 19.7. The number of carbonyl (C=O) groups is 2. The monoisotopic (exact) mass is 522 g/mol. The van der Waals surface area contributed by atoms with E-state index in [0.717, 1.165) is 23.2 Å². The quantitative estimate of drug-likeness (QED) is 0.346. The lowest BCUT2D eigenvalue weighted by Crippen LogP contribution is -2.26. The van der Waals surface area contributed by atoms with Crippen molar-refractivity contribution in [2.75, 3.05) is 6.54 Å². The number of imidazole rings is 2. The summed E-state index contributed by atoms with van der Waals surface area (Å²) in [6.07, 6.45) is 4.72. The molecule has 0 aliphatic carbocycles. The first-order valence-electron chi connectivity index (χ1n) is 11.3. The number of hydrogen-bond donors (Lipinski definition) is 2. The highest BCUT2D eigenvalue weighted by molar-refractivity contribution is 6.00. The fourth-order valence-electron chi connectivity index (χ4n) is 3.52. The average Bonchev–Trinajstić information content (AvgIpc) is 3.55. The minimum Gasteiger partial charge on any atom is -0.475 e. The van der Waals surface area contributed by atoms with E-state index in [1.54, 1.807) is 18.7 Å². The zero-order chi connectivity index (χ0) is 27.1. The van der Waals surface area contributed by atoms with Crippen LogP contribution >= 0.6 is 0 Å². The minimum atomic E-state index is -5.08. The molecule has 1 amide bonds. The first kappa shape index (κ1) is 26.1. The summed E-state index contributed by atoms with van der Waals surface area (Å²) in [6.45, 7) is 0.521. The van der Waals surface area contributed by atoms with E-state index in [9.17, 15) is 18.0 Å². The van der Waals surface area contributed by atoms with Gasteiger partial charge in [0.05, 0.1) is 5.52 Å². The molecule has 0 aliphatic rings. The number of benzene rings is 1. The molecule has 0 saturated carbocycles. The van der Waals surface area contributed by atoms with Crippen LogP contribution in [0.15, 0.2) is 91.8 Å². The van der Waals surface area contributed by atoms with E-state index in [2.05, 4.69) is 20.3 Å². The molecule has 0 radical (unpaired) electrons. The summed E-state index contributed by atoms with van der Waals surface area (Å²) < 4.78 is 35.6. The van der Waals surface area contributed by atoms with Crippen molar-refractivity contribution >= 4 is 17.4 Å². The summed E-state index contributed by atoms with van der Waals surface area (Å²) in [7, 11) is 0. The molecule has 0 aliphatic heterocycles. The molecule has 5 aromatic rings. The van der Waals surface area contributed by atoms with Crippen LogP contribution in [0.5, 0.6) is 0 Å². The van der Waals surface area contributed by atoms with Crippen molar-refractivity contribution < 1.29 is 27.9 Å². The predicted molar refractivity (Wildman–Crippen MR) is 132 cm³/mol. The lowest BCUT2D eigenvalue weighted by Gasteiger charge is -2.03. The number of aromatic nitrogens is 5. The first-order chi connectivity index (χ1) is 18.2. The van der Waals surface area contributed by atoms with Gasteiger partial charge in [0.2, 0.25) is 0 Å². The molecule has 2 N–H and O–H groups in total. The summed E-state index contributed by atoms with van der Waals surface area (Å²) in [6, 6.07) is 19.6. The molecule has 0 saturated heterocycles. The Kier molecular flexibility index (Phi) is 7.80. The van der Waals surface area contributed by atoms with E-state index in [0.29, 0.717) is 23.8 Å². The zero-order valence-corrected chi connectivity index (χ0v) is 19.7. The number of carboxylic acids is 1. The number of carboxylic acid groups (broad SMARTS) is 1. The fourth-order valence-corrected chi connectivity index (χ4v) is 3.52. The van der Waals surface area contributed by atoms with E-state index < -0.39 is 12.1 Å². The van der Waals surface area contributed by atoms with Gasteiger partial charge in [0, 0.05) is 37.0 Å². The number of carbonyl (C=O) groups excluding carboxylic acids is 1. The average molecular weight is 522 g/mol. The molecule has 12 heteroatoms. The Morgan fingerprint density at radius 1 is 0.974 bits per heavy atom. The van der Waals surface area contributed by atoms with Gasteiger partial charge in [-0.1, -0.05) is 24.3 Å². The van der Waals surface area contributed by atoms with Crippen molar-refractivity contribution in [1.29, 1.82) is 0 Å². The molecule has 0 atom stereocenters. The molecule has 0 spiro atoms. The second kappa shape index (κ2) is 11.4. The normalized spacial score (nSPS) is 11.0. The molecule has 38 heavy (non-hydrogen) atoms. The van der Waals surface area contributed by atoms with Gasteiger partial charge in [0.1, 0.15) is 12.0 Å². The summed E-state index contributed by atoms with van der Waals surface area (Å²) in [5.41, 5.74) is 3.96. The highest BCUT2D eigenvalue weighted by Gasteiger charge is 2.38. The van der Waals surface area contributed by atoms with Gasteiger partial charge in [-0.2, -0.15) is 13.2 Å². The first-order valence-corrected chi connectivity index (χ1v) is 11.3. The Balaban J connectivity index is 0.000000426. The van der Waals surface area contributed by atoms with Crippen molar-refractivity contribution in [3.05, 3.63) is 103 Å². The third-order valence-corrected chi connectivity index (χ3v) is 5.32. The number of hydrogen-bond acceptors (Lipinski definition) is 5. The topological polar surface area (TPSA) is 114 Å². The third-order valence-electron chi connectivity index (χ3n) is 5.32. The number of amides is 1. The van der Waals surface area contributed by atoms with Crippen molar-refractivity contribution in [1.82, 2.24) is 29.2 Å². The van der Waals surface area contributed by atoms with Crippen molar-refractivity contribution in [2.45, 2.75) is 12.6 Å². The smallest absolute Gasteiger partial charge is 0.475 e. The molecule has 1 aromatic carbocycles. The number of halogens is 3. The van der Waals surface area contributed by atoms with Crippen LogP contribution in [0.4, 0.5) is 13.2 Å². The van der Waals surface area contributed by atoms with Gasteiger partial charge in [-0.15, -0.1) is 0 Å². The predicted octanol–water partition coefficient (Wildman–Crippen LogP) is 4.19.